The van der Waals surface area contributed by atoms with E-state index in [9.17, 15) is 4.79 Å². The molecule has 0 bridgehead atoms. The highest BCUT2D eigenvalue weighted by Crippen LogP contribution is 2.32. The molecule has 19 heavy (non-hydrogen) atoms. The quantitative estimate of drug-likeness (QED) is 0.707. The van der Waals surface area contributed by atoms with Gasteiger partial charge < -0.3 is 10.6 Å². The maximum Gasteiger partial charge on any atom is 0.224 e. The molecule has 1 amide bonds. The summed E-state index contributed by atoms with van der Waals surface area (Å²) in [7, 11) is 0. The van der Waals surface area contributed by atoms with Crippen LogP contribution in [-0.4, -0.2) is 30.4 Å². The van der Waals surface area contributed by atoms with Gasteiger partial charge in [-0.05, 0) is 30.7 Å². The number of nitrogens with two attached hydrogens (primary N) is 1. The van der Waals surface area contributed by atoms with Gasteiger partial charge in [-0.25, -0.2) is 0 Å². The first kappa shape index (κ1) is 17.4. The van der Waals surface area contributed by atoms with Crippen LogP contribution in [0.3, 0.4) is 0 Å². The molecule has 0 fully saturated rings. The fourth-order valence-electron chi connectivity index (χ4n) is 2.07. The number of amides is 1. The first-order valence-electron chi connectivity index (χ1n) is 6.58. The fraction of sp³-hybridized carbons (Fsp3) is 0.786. The van der Waals surface area contributed by atoms with E-state index in [1.807, 2.05) is 12.1 Å². The van der Waals surface area contributed by atoms with Crippen molar-refractivity contribution in [3.05, 3.63) is 0 Å². The molecule has 0 radical (unpaired) electrons. The summed E-state index contributed by atoms with van der Waals surface area (Å²) in [5.41, 5.74) is 5.71. The third kappa shape index (κ3) is 6.79. The molecule has 1 atom stereocenters. The highest BCUT2D eigenvalue weighted by molar-refractivity contribution is 5.76. The van der Waals surface area contributed by atoms with Crippen molar-refractivity contribution in [1.82, 2.24) is 4.90 Å². The van der Waals surface area contributed by atoms with Gasteiger partial charge in [0.25, 0.3) is 0 Å². The summed E-state index contributed by atoms with van der Waals surface area (Å²) in [6, 6.07) is 3.82. The van der Waals surface area contributed by atoms with E-state index in [0.717, 1.165) is 12.8 Å². The highest BCUT2D eigenvalue weighted by Gasteiger charge is 2.25. The number of carbonyl (C=O) groups is 1. The summed E-state index contributed by atoms with van der Waals surface area (Å²) < 4.78 is 0. The number of carbonyl (C=O) groups excluding carboxylic acids is 1. The SMILES string of the molecule is CC(C)(C)C(CCN)CCC(=O)N(CC#N)CC#N. The van der Waals surface area contributed by atoms with E-state index in [-0.39, 0.29) is 24.4 Å². The molecule has 1 unspecified atom stereocenters. The molecule has 106 valence electrons. The summed E-state index contributed by atoms with van der Waals surface area (Å²) >= 11 is 0. The maximum absolute atomic E-state index is 12.0. The number of nitriles is 2. The summed E-state index contributed by atoms with van der Waals surface area (Å²) in [6.45, 7) is 6.98. The van der Waals surface area contributed by atoms with Crippen molar-refractivity contribution in [1.29, 1.82) is 10.5 Å². The summed E-state index contributed by atoms with van der Waals surface area (Å²) in [6.07, 6.45) is 1.99. The predicted molar refractivity (Wildman–Crippen MR) is 73.7 cm³/mol. The van der Waals surface area contributed by atoms with Gasteiger partial charge in [0.2, 0.25) is 5.91 Å². The van der Waals surface area contributed by atoms with Crippen LogP contribution in [0.5, 0.6) is 0 Å². The Kier molecular flexibility index (Phi) is 7.79. The minimum absolute atomic E-state index is 0.0243. The van der Waals surface area contributed by atoms with Crippen molar-refractivity contribution in [2.24, 2.45) is 17.1 Å². The molecule has 0 aliphatic rings. The van der Waals surface area contributed by atoms with Gasteiger partial charge in [0.15, 0.2) is 0 Å². The summed E-state index contributed by atoms with van der Waals surface area (Å²) in [5.74, 6) is 0.238. The third-order valence-corrected chi connectivity index (χ3v) is 3.32. The first-order valence-corrected chi connectivity index (χ1v) is 6.58. The van der Waals surface area contributed by atoms with Gasteiger partial charge in [-0.2, -0.15) is 10.5 Å². The zero-order valence-corrected chi connectivity index (χ0v) is 12.1. The fourth-order valence-corrected chi connectivity index (χ4v) is 2.07. The monoisotopic (exact) mass is 264 g/mol. The Morgan fingerprint density at radius 3 is 2.11 bits per heavy atom. The highest BCUT2D eigenvalue weighted by atomic mass is 16.2. The van der Waals surface area contributed by atoms with Crippen LogP contribution in [0.1, 0.15) is 40.0 Å². The molecule has 0 aliphatic heterocycles. The average molecular weight is 264 g/mol. The van der Waals surface area contributed by atoms with Crippen LogP contribution in [-0.2, 0) is 4.79 Å². The van der Waals surface area contributed by atoms with E-state index >= 15 is 0 Å². The number of nitrogens with zero attached hydrogens (tertiary/aromatic N) is 3. The smallest absolute Gasteiger partial charge is 0.224 e. The zero-order valence-electron chi connectivity index (χ0n) is 12.1. The Morgan fingerprint density at radius 1 is 1.21 bits per heavy atom. The van der Waals surface area contributed by atoms with Gasteiger partial charge in [0, 0.05) is 6.42 Å². The molecule has 0 rings (SSSR count). The molecular weight excluding hydrogens is 240 g/mol. The molecule has 0 heterocycles. The first-order chi connectivity index (χ1) is 8.86. The van der Waals surface area contributed by atoms with Crippen molar-refractivity contribution in [3.63, 3.8) is 0 Å². The van der Waals surface area contributed by atoms with Crippen molar-refractivity contribution >= 4 is 5.91 Å². The van der Waals surface area contributed by atoms with Crippen LogP contribution < -0.4 is 5.73 Å². The Balaban J connectivity index is 4.46. The minimum Gasteiger partial charge on any atom is -0.330 e. The van der Waals surface area contributed by atoms with Crippen molar-refractivity contribution in [2.45, 2.75) is 40.0 Å². The Hall–Kier alpha value is -1.59. The van der Waals surface area contributed by atoms with E-state index in [0.29, 0.717) is 18.9 Å². The normalized spacial score (nSPS) is 12.3. The van der Waals surface area contributed by atoms with E-state index in [2.05, 4.69) is 20.8 Å². The second-order valence-electron chi connectivity index (χ2n) is 5.75. The van der Waals surface area contributed by atoms with Gasteiger partial charge >= 0.3 is 0 Å². The summed E-state index contributed by atoms with van der Waals surface area (Å²) in [4.78, 5) is 13.2. The lowest BCUT2D eigenvalue weighted by atomic mass is 9.76. The average Bonchev–Trinajstić information content (AvgIpc) is 2.32. The largest absolute Gasteiger partial charge is 0.330 e. The molecular formula is C14H24N4O. The van der Waals surface area contributed by atoms with Gasteiger partial charge in [-0.1, -0.05) is 20.8 Å². The molecule has 5 nitrogen and oxygen atoms in total. The van der Waals surface area contributed by atoms with Crippen LogP contribution >= 0.6 is 0 Å². The molecule has 5 heteroatoms. The van der Waals surface area contributed by atoms with Gasteiger partial charge in [-0.3, -0.25) is 4.79 Å². The molecule has 0 aromatic heterocycles. The Morgan fingerprint density at radius 2 is 1.74 bits per heavy atom. The van der Waals surface area contributed by atoms with Crippen LogP contribution in [0.4, 0.5) is 0 Å². The Bertz CT molecular complexity index is 343. The van der Waals surface area contributed by atoms with E-state index < -0.39 is 0 Å². The van der Waals surface area contributed by atoms with Crippen molar-refractivity contribution in [2.75, 3.05) is 19.6 Å². The van der Waals surface area contributed by atoms with E-state index in [4.69, 9.17) is 16.3 Å². The molecule has 0 spiro atoms. The van der Waals surface area contributed by atoms with Crippen molar-refractivity contribution in [3.8, 4) is 12.1 Å². The number of hydrogen-bond donors (Lipinski definition) is 1. The van der Waals surface area contributed by atoms with Crippen LogP contribution in [0.15, 0.2) is 0 Å². The minimum atomic E-state index is -0.130. The predicted octanol–water partition coefficient (Wildman–Crippen LogP) is 1.65. The lowest BCUT2D eigenvalue weighted by molar-refractivity contribution is -0.130. The number of hydrogen-bond acceptors (Lipinski definition) is 4. The zero-order chi connectivity index (χ0) is 14.9. The molecule has 0 saturated heterocycles. The number of rotatable bonds is 7. The lowest BCUT2D eigenvalue weighted by Gasteiger charge is -2.31. The second-order valence-corrected chi connectivity index (χ2v) is 5.75. The van der Waals surface area contributed by atoms with Crippen molar-refractivity contribution < 1.29 is 4.79 Å². The maximum atomic E-state index is 12.0. The molecule has 2 N–H and O–H groups in total. The standard InChI is InChI=1S/C14H24N4O/c1-14(2,3)12(6-7-15)4-5-13(19)18(10-8-16)11-9-17/h12H,4-7,10-11,15H2,1-3H3. The van der Waals surface area contributed by atoms with Gasteiger partial charge in [0.05, 0.1) is 12.1 Å². The molecule has 0 aromatic carbocycles. The molecule has 0 aromatic rings. The van der Waals surface area contributed by atoms with Crippen LogP contribution in [0, 0.1) is 34.0 Å². The summed E-state index contributed by atoms with van der Waals surface area (Å²) in [5, 5.41) is 17.3. The topological polar surface area (TPSA) is 93.9 Å². The van der Waals surface area contributed by atoms with Gasteiger partial charge in [0.1, 0.15) is 13.1 Å². The van der Waals surface area contributed by atoms with Gasteiger partial charge in [-0.15, -0.1) is 0 Å². The van der Waals surface area contributed by atoms with Crippen LogP contribution in [0.25, 0.3) is 0 Å². The lowest BCUT2D eigenvalue weighted by Crippen LogP contribution is -2.33. The molecule has 0 saturated carbocycles. The van der Waals surface area contributed by atoms with E-state index in [1.165, 1.54) is 4.90 Å². The molecule has 0 aliphatic carbocycles. The third-order valence-electron chi connectivity index (χ3n) is 3.32. The second kappa shape index (κ2) is 8.50. The van der Waals surface area contributed by atoms with Crippen LogP contribution in [0.2, 0.25) is 0 Å². The Labute approximate surface area is 116 Å². The van der Waals surface area contributed by atoms with E-state index in [1.54, 1.807) is 0 Å².